The highest BCUT2D eigenvalue weighted by Gasteiger charge is 2.13. The molecule has 3 nitrogen and oxygen atoms in total. The molecule has 0 amide bonds. The minimum absolute atomic E-state index is 0.105. The first-order valence-corrected chi connectivity index (χ1v) is 6.57. The molecular weight excluding hydrogens is 265 g/mol. The zero-order valence-corrected chi connectivity index (χ0v) is 11.8. The van der Waals surface area contributed by atoms with Gasteiger partial charge in [-0.15, -0.1) is 0 Å². The highest BCUT2D eigenvalue weighted by atomic mass is 35.5. The lowest BCUT2D eigenvalue weighted by Gasteiger charge is -2.17. The first-order chi connectivity index (χ1) is 9.10. The van der Waals surface area contributed by atoms with Crippen molar-refractivity contribution in [2.24, 2.45) is 7.05 Å². The van der Waals surface area contributed by atoms with Crippen LogP contribution in [-0.4, -0.2) is 16.8 Å². The van der Waals surface area contributed by atoms with Crippen molar-refractivity contribution in [3.05, 3.63) is 52.6 Å². The summed E-state index contributed by atoms with van der Waals surface area (Å²) < 4.78 is 14.8. The van der Waals surface area contributed by atoms with Gasteiger partial charge in [0.05, 0.1) is 6.20 Å². The number of hydrogen-bond donors (Lipinski definition) is 1. The molecule has 5 heteroatoms. The third-order valence-corrected chi connectivity index (χ3v) is 3.49. The van der Waals surface area contributed by atoms with Crippen LogP contribution < -0.4 is 5.32 Å². The van der Waals surface area contributed by atoms with Crippen LogP contribution in [0.5, 0.6) is 0 Å². The Bertz CT molecular complexity index is 553. The monoisotopic (exact) mass is 281 g/mol. The van der Waals surface area contributed by atoms with E-state index in [0.29, 0.717) is 5.02 Å². The van der Waals surface area contributed by atoms with E-state index in [9.17, 15) is 4.39 Å². The average Bonchev–Trinajstić information content (AvgIpc) is 2.78. The molecule has 0 bridgehead atoms. The SMILES string of the molecule is CNC(CCc1cnn(C)c1)c1ccc(F)cc1Cl. The van der Waals surface area contributed by atoms with Gasteiger partial charge in [0.25, 0.3) is 0 Å². The minimum Gasteiger partial charge on any atom is -0.313 e. The Labute approximate surface area is 117 Å². The summed E-state index contributed by atoms with van der Waals surface area (Å²) in [5.74, 6) is -0.309. The summed E-state index contributed by atoms with van der Waals surface area (Å²) in [6.07, 6.45) is 5.64. The van der Waals surface area contributed by atoms with E-state index in [4.69, 9.17) is 11.6 Å². The Morgan fingerprint density at radius 3 is 2.84 bits per heavy atom. The second-order valence-electron chi connectivity index (χ2n) is 4.57. The van der Waals surface area contributed by atoms with E-state index in [1.165, 1.54) is 17.7 Å². The highest BCUT2D eigenvalue weighted by molar-refractivity contribution is 6.31. The third kappa shape index (κ3) is 3.55. The van der Waals surface area contributed by atoms with Gasteiger partial charge in [-0.1, -0.05) is 17.7 Å². The molecule has 0 aliphatic heterocycles. The van der Waals surface area contributed by atoms with Gasteiger partial charge in [0.15, 0.2) is 0 Å². The number of nitrogens with one attached hydrogen (secondary N) is 1. The van der Waals surface area contributed by atoms with E-state index in [-0.39, 0.29) is 11.9 Å². The number of benzene rings is 1. The summed E-state index contributed by atoms with van der Waals surface area (Å²) in [4.78, 5) is 0. The third-order valence-electron chi connectivity index (χ3n) is 3.17. The molecule has 0 saturated heterocycles. The van der Waals surface area contributed by atoms with Gasteiger partial charge in [-0.05, 0) is 43.1 Å². The fraction of sp³-hybridized carbons (Fsp3) is 0.357. The Balaban J connectivity index is 2.07. The molecule has 1 N–H and O–H groups in total. The van der Waals surface area contributed by atoms with Crippen LogP contribution in [0.3, 0.4) is 0 Å². The fourth-order valence-electron chi connectivity index (χ4n) is 2.15. The molecule has 2 rings (SSSR count). The number of hydrogen-bond acceptors (Lipinski definition) is 2. The van der Waals surface area contributed by atoms with Gasteiger partial charge in [-0.3, -0.25) is 4.68 Å². The number of aromatic nitrogens is 2. The van der Waals surface area contributed by atoms with Gasteiger partial charge in [-0.2, -0.15) is 5.10 Å². The van der Waals surface area contributed by atoms with Crippen LogP contribution in [0.4, 0.5) is 4.39 Å². The lowest BCUT2D eigenvalue weighted by molar-refractivity contribution is 0.547. The minimum atomic E-state index is -0.309. The van der Waals surface area contributed by atoms with Crippen molar-refractivity contribution in [1.29, 1.82) is 0 Å². The second kappa shape index (κ2) is 6.17. The predicted molar refractivity (Wildman–Crippen MR) is 74.7 cm³/mol. The van der Waals surface area contributed by atoms with Gasteiger partial charge in [0.2, 0.25) is 0 Å². The molecule has 0 aliphatic rings. The van der Waals surface area contributed by atoms with Crippen LogP contribution in [0.1, 0.15) is 23.6 Å². The van der Waals surface area contributed by atoms with Gasteiger partial charge in [-0.25, -0.2) is 4.39 Å². The van der Waals surface area contributed by atoms with Crippen LogP contribution >= 0.6 is 11.6 Å². The summed E-state index contributed by atoms with van der Waals surface area (Å²) in [6.45, 7) is 0. The molecule has 0 fully saturated rings. The van der Waals surface area contributed by atoms with Crippen LogP contribution in [0, 0.1) is 5.82 Å². The summed E-state index contributed by atoms with van der Waals surface area (Å²) in [5, 5.41) is 7.83. The van der Waals surface area contributed by atoms with Crippen LogP contribution in [-0.2, 0) is 13.5 Å². The summed E-state index contributed by atoms with van der Waals surface area (Å²) in [7, 11) is 3.78. The topological polar surface area (TPSA) is 29.9 Å². The second-order valence-corrected chi connectivity index (χ2v) is 4.98. The smallest absolute Gasteiger partial charge is 0.124 e. The molecule has 19 heavy (non-hydrogen) atoms. The molecule has 1 atom stereocenters. The Hall–Kier alpha value is -1.39. The summed E-state index contributed by atoms with van der Waals surface area (Å²) in [5.41, 5.74) is 2.11. The van der Waals surface area contributed by atoms with E-state index >= 15 is 0 Å². The fourth-order valence-corrected chi connectivity index (χ4v) is 2.45. The summed E-state index contributed by atoms with van der Waals surface area (Å²) >= 11 is 6.09. The maximum absolute atomic E-state index is 13.1. The number of nitrogens with zero attached hydrogens (tertiary/aromatic N) is 2. The van der Waals surface area contributed by atoms with Crippen molar-refractivity contribution in [3.63, 3.8) is 0 Å². The van der Waals surface area contributed by atoms with E-state index in [1.54, 1.807) is 10.7 Å². The molecular formula is C14H17ClFN3. The molecule has 0 saturated carbocycles. The molecule has 102 valence electrons. The normalized spacial score (nSPS) is 12.6. The number of halogens is 2. The van der Waals surface area contributed by atoms with Crippen molar-refractivity contribution >= 4 is 11.6 Å². The Morgan fingerprint density at radius 1 is 1.47 bits per heavy atom. The van der Waals surface area contributed by atoms with Crippen LogP contribution in [0.15, 0.2) is 30.6 Å². The Kier molecular flexibility index (Phi) is 4.56. The maximum atomic E-state index is 13.1. The van der Waals surface area contributed by atoms with Crippen molar-refractivity contribution in [3.8, 4) is 0 Å². The first-order valence-electron chi connectivity index (χ1n) is 6.20. The van der Waals surface area contributed by atoms with Gasteiger partial charge < -0.3 is 5.32 Å². The van der Waals surface area contributed by atoms with Crippen molar-refractivity contribution in [1.82, 2.24) is 15.1 Å². The average molecular weight is 282 g/mol. The molecule has 0 spiro atoms. The summed E-state index contributed by atoms with van der Waals surface area (Å²) in [6, 6.07) is 4.64. The van der Waals surface area contributed by atoms with E-state index < -0.39 is 0 Å². The Morgan fingerprint density at radius 2 is 2.26 bits per heavy atom. The van der Waals surface area contributed by atoms with Crippen molar-refractivity contribution < 1.29 is 4.39 Å². The van der Waals surface area contributed by atoms with Gasteiger partial charge in [0, 0.05) is 24.3 Å². The van der Waals surface area contributed by atoms with E-state index in [0.717, 1.165) is 18.4 Å². The van der Waals surface area contributed by atoms with E-state index in [1.807, 2.05) is 26.5 Å². The lowest BCUT2D eigenvalue weighted by atomic mass is 10.0. The molecule has 1 unspecified atom stereocenters. The molecule has 1 aromatic carbocycles. The van der Waals surface area contributed by atoms with Crippen molar-refractivity contribution in [2.45, 2.75) is 18.9 Å². The highest BCUT2D eigenvalue weighted by Crippen LogP contribution is 2.26. The maximum Gasteiger partial charge on any atom is 0.124 e. The molecule has 2 aromatic rings. The first kappa shape index (κ1) is 14.0. The standard InChI is InChI=1S/C14H17ClFN3/c1-17-14(6-3-10-8-18-19(2)9-10)12-5-4-11(16)7-13(12)15/h4-5,7-9,14,17H,3,6H2,1-2H3. The van der Waals surface area contributed by atoms with Gasteiger partial charge in [0.1, 0.15) is 5.82 Å². The lowest BCUT2D eigenvalue weighted by Crippen LogP contribution is -2.17. The molecule has 1 heterocycles. The molecule has 1 aromatic heterocycles. The number of rotatable bonds is 5. The molecule has 0 radical (unpaired) electrons. The zero-order valence-electron chi connectivity index (χ0n) is 11.0. The quantitative estimate of drug-likeness (QED) is 0.913. The zero-order chi connectivity index (χ0) is 13.8. The van der Waals surface area contributed by atoms with Crippen LogP contribution in [0.25, 0.3) is 0 Å². The predicted octanol–water partition coefficient (Wildman–Crippen LogP) is 3.11. The number of aryl methyl sites for hydroxylation is 2. The van der Waals surface area contributed by atoms with E-state index in [2.05, 4.69) is 10.4 Å². The van der Waals surface area contributed by atoms with Crippen molar-refractivity contribution in [2.75, 3.05) is 7.05 Å². The molecule has 0 aliphatic carbocycles. The largest absolute Gasteiger partial charge is 0.313 e. The van der Waals surface area contributed by atoms with Crippen LogP contribution in [0.2, 0.25) is 5.02 Å². The van der Waals surface area contributed by atoms with Gasteiger partial charge >= 0.3 is 0 Å².